The van der Waals surface area contributed by atoms with Gasteiger partial charge >= 0.3 is 0 Å². The molecule has 2 nitrogen and oxygen atoms in total. The zero-order valence-corrected chi connectivity index (χ0v) is 8.14. The molecule has 0 saturated carbocycles. The number of allylic oxidation sites excluding steroid dienone is 1. The van der Waals surface area contributed by atoms with Crippen LogP contribution in [0.3, 0.4) is 0 Å². The molecule has 0 aliphatic carbocycles. The van der Waals surface area contributed by atoms with Gasteiger partial charge in [0.2, 0.25) is 0 Å². The average Bonchev–Trinajstić information content (AvgIpc) is 2.28. The van der Waals surface area contributed by atoms with Gasteiger partial charge in [0.15, 0.2) is 5.78 Å². The molecule has 2 heteroatoms. The van der Waals surface area contributed by atoms with E-state index in [4.69, 9.17) is 0 Å². The lowest BCUT2D eigenvalue weighted by Gasteiger charge is -2.06. The Bertz CT molecular complexity index is 274. The Morgan fingerprint density at radius 1 is 1.50 bits per heavy atom. The highest BCUT2D eigenvalue weighted by Gasteiger charge is 2.24. The number of Topliss-reactive ketones (excluding diaryl/α,β-unsaturated/α-hetero) is 1. The first kappa shape index (κ1) is 9.17. The predicted octanol–water partition coefficient (Wildman–Crippen LogP) is 2.15. The third-order valence-corrected chi connectivity index (χ3v) is 2.40. The van der Waals surface area contributed by atoms with Crippen LogP contribution in [0.2, 0.25) is 0 Å². The summed E-state index contributed by atoms with van der Waals surface area (Å²) in [6.45, 7) is 7.62. The lowest BCUT2D eigenvalue weighted by atomic mass is 9.98. The van der Waals surface area contributed by atoms with Crippen LogP contribution in [-0.4, -0.2) is 17.5 Å². The lowest BCUT2D eigenvalue weighted by molar-refractivity contribution is -0.113. The van der Waals surface area contributed by atoms with Gasteiger partial charge in [0.1, 0.15) is 0 Å². The molecule has 0 aromatic rings. The van der Waals surface area contributed by atoms with Gasteiger partial charge in [-0.3, -0.25) is 9.79 Å². The molecule has 0 saturated heterocycles. The number of nitrogens with zero attached hydrogens (tertiary/aromatic N) is 1. The van der Waals surface area contributed by atoms with Crippen LogP contribution in [0.5, 0.6) is 0 Å². The second kappa shape index (κ2) is 3.21. The highest BCUT2D eigenvalue weighted by Crippen LogP contribution is 2.24. The number of hydrogen-bond donors (Lipinski definition) is 0. The minimum atomic E-state index is 0.127. The average molecular weight is 165 g/mol. The molecule has 0 aromatic carbocycles. The first-order valence-corrected chi connectivity index (χ1v) is 4.34. The van der Waals surface area contributed by atoms with E-state index in [9.17, 15) is 4.79 Å². The molecule has 1 aliphatic rings. The van der Waals surface area contributed by atoms with Crippen LogP contribution < -0.4 is 0 Å². The molecule has 0 spiro atoms. The summed E-state index contributed by atoms with van der Waals surface area (Å²) in [4.78, 5) is 15.7. The van der Waals surface area contributed by atoms with Crippen molar-refractivity contribution in [1.29, 1.82) is 0 Å². The highest BCUT2D eigenvalue weighted by atomic mass is 16.1. The summed E-state index contributed by atoms with van der Waals surface area (Å²) in [7, 11) is 0. The second-order valence-corrected chi connectivity index (χ2v) is 3.23. The van der Waals surface area contributed by atoms with Crippen LogP contribution in [0.4, 0.5) is 0 Å². The molecule has 0 amide bonds. The summed E-state index contributed by atoms with van der Waals surface area (Å²) in [5.74, 6) is 0.167. The first-order chi connectivity index (χ1) is 5.57. The van der Waals surface area contributed by atoms with Gasteiger partial charge < -0.3 is 0 Å². The van der Waals surface area contributed by atoms with Crippen LogP contribution >= 0.6 is 0 Å². The van der Waals surface area contributed by atoms with Crippen LogP contribution in [0.1, 0.15) is 34.1 Å². The summed E-state index contributed by atoms with van der Waals surface area (Å²) < 4.78 is 0. The Balaban J connectivity index is 3.05. The molecular weight excluding hydrogens is 150 g/mol. The van der Waals surface area contributed by atoms with Crippen molar-refractivity contribution in [2.45, 2.75) is 40.2 Å². The molecule has 66 valence electrons. The van der Waals surface area contributed by atoms with E-state index in [1.54, 1.807) is 6.92 Å². The van der Waals surface area contributed by atoms with E-state index < -0.39 is 0 Å². The van der Waals surface area contributed by atoms with Crippen molar-refractivity contribution < 1.29 is 4.79 Å². The number of aliphatic imine (C=N–C) groups is 1. The topological polar surface area (TPSA) is 29.4 Å². The zero-order chi connectivity index (χ0) is 9.30. The van der Waals surface area contributed by atoms with Crippen LogP contribution in [0.25, 0.3) is 0 Å². The monoisotopic (exact) mass is 165 g/mol. The van der Waals surface area contributed by atoms with E-state index in [1.807, 2.05) is 13.8 Å². The summed E-state index contributed by atoms with van der Waals surface area (Å²) >= 11 is 0. The molecular formula is C10H15NO. The van der Waals surface area contributed by atoms with Gasteiger partial charge in [0.05, 0.1) is 6.04 Å². The third-order valence-electron chi connectivity index (χ3n) is 2.40. The van der Waals surface area contributed by atoms with Crippen molar-refractivity contribution >= 4 is 11.5 Å². The van der Waals surface area contributed by atoms with E-state index in [0.717, 1.165) is 23.3 Å². The van der Waals surface area contributed by atoms with E-state index in [1.165, 1.54) is 0 Å². The van der Waals surface area contributed by atoms with Crippen molar-refractivity contribution in [3.8, 4) is 0 Å². The SMILES string of the molecule is CCC1N=C(C)C(C)=C1C(C)=O. The summed E-state index contributed by atoms with van der Waals surface area (Å²) in [5.41, 5.74) is 3.01. The predicted molar refractivity (Wildman–Crippen MR) is 50.6 cm³/mol. The Hall–Kier alpha value is -0.920. The zero-order valence-electron chi connectivity index (χ0n) is 8.14. The van der Waals surface area contributed by atoms with Gasteiger partial charge in [-0.2, -0.15) is 0 Å². The summed E-state index contributed by atoms with van der Waals surface area (Å²) in [6, 6.07) is 0.127. The van der Waals surface area contributed by atoms with Gasteiger partial charge in [-0.25, -0.2) is 0 Å². The number of rotatable bonds is 2. The summed E-state index contributed by atoms with van der Waals surface area (Å²) in [6.07, 6.45) is 0.920. The van der Waals surface area contributed by atoms with Crippen molar-refractivity contribution in [1.82, 2.24) is 0 Å². The van der Waals surface area contributed by atoms with Gasteiger partial charge in [0.25, 0.3) is 0 Å². The molecule has 1 unspecified atom stereocenters. The molecule has 1 aliphatic heterocycles. The van der Waals surface area contributed by atoms with Crippen LogP contribution in [-0.2, 0) is 4.79 Å². The minimum Gasteiger partial charge on any atom is -0.295 e. The van der Waals surface area contributed by atoms with Gasteiger partial charge in [0, 0.05) is 11.3 Å². The van der Waals surface area contributed by atoms with E-state index in [0.29, 0.717) is 0 Å². The molecule has 0 aromatic heterocycles. The fraction of sp³-hybridized carbons (Fsp3) is 0.600. The van der Waals surface area contributed by atoms with E-state index in [2.05, 4.69) is 11.9 Å². The van der Waals surface area contributed by atoms with E-state index in [-0.39, 0.29) is 11.8 Å². The maximum absolute atomic E-state index is 11.2. The van der Waals surface area contributed by atoms with Crippen molar-refractivity contribution in [3.05, 3.63) is 11.1 Å². The molecule has 0 bridgehead atoms. The molecule has 0 radical (unpaired) electrons. The van der Waals surface area contributed by atoms with Crippen LogP contribution in [0.15, 0.2) is 16.1 Å². The van der Waals surface area contributed by atoms with Gasteiger partial charge in [-0.15, -0.1) is 0 Å². The standard InChI is InChI=1S/C10H15NO/c1-5-9-10(8(4)12)6(2)7(3)11-9/h9H,5H2,1-4H3. The molecule has 1 rings (SSSR count). The fourth-order valence-corrected chi connectivity index (χ4v) is 1.63. The quantitative estimate of drug-likeness (QED) is 0.616. The van der Waals surface area contributed by atoms with Crippen molar-refractivity contribution in [2.75, 3.05) is 0 Å². The van der Waals surface area contributed by atoms with Gasteiger partial charge in [-0.1, -0.05) is 6.92 Å². The Morgan fingerprint density at radius 2 is 2.08 bits per heavy atom. The molecule has 0 fully saturated rings. The highest BCUT2D eigenvalue weighted by molar-refractivity contribution is 6.10. The molecule has 0 N–H and O–H groups in total. The molecule has 12 heavy (non-hydrogen) atoms. The van der Waals surface area contributed by atoms with Gasteiger partial charge in [-0.05, 0) is 32.8 Å². The third kappa shape index (κ3) is 1.33. The van der Waals surface area contributed by atoms with E-state index >= 15 is 0 Å². The van der Waals surface area contributed by atoms with Crippen molar-refractivity contribution in [2.24, 2.45) is 4.99 Å². The summed E-state index contributed by atoms with van der Waals surface area (Å²) in [5, 5.41) is 0. The molecule has 1 atom stereocenters. The second-order valence-electron chi connectivity index (χ2n) is 3.23. The number of hydrogen-bond acceptors (Lipinski definition) is 2. The fourth-order valence-electron chi connectivity index (χ4n) is 1.63. The number of ketones is 1. The maximum Gasteiger partial charge on any atom is 0.158 e. The lowest BCUT2D eigenvalue weighted by Crippen LogP contribution is -2.11. The first-order valence-electron chi connectivity index (χ1n) is 4.34. The smallest absolute Gasteiger partial charge is 0.158 e. The minimum absolute atomic E-state index is 0.127. The normalized spacial score (nSPS) is 23.0. The largest absolute Gasteiger partial charge is 0.295 e. The maximum atomic E-state index is 11.2. The Labute approximate surface area is 73.4 Å². The Morgan fingerprint density at radius 3 is 2.42 bits per heavy atom. The van der Waals surface area contributed by atoms with Crippen LogP contribution in [0, 0.1) is 0 Å². The molecule has 1 heterocycles. The number of carbonyl (C=O) groups excluding carboxylic acids is 1. The van der Waals surface area contributed by atoms with Crippen molar-refractivity contribution in [3.63, 3.8) is 0 Å². The number of carbonyl (C=O) groups is 1. The Kier molecular flexibility index (Phi) is 2.46.